The molecular weight excluding hydrogens is 486 g/mol. The van der Waals surface area contributed by atoms with Crippen molar-refractivity contribution in [1.29, 1.82) is 0 Å². The highest BCUT2D eigenvalue weighted by molar-refractivity contribution is 5.86. The molecule has 1 aromatic carbocycles. The van der Waals surface area contributed by atoms with Crippen molar-refractivity contribution in [2.75, 3.05) is 19.7 Å². The third-order valence-electron chi connectivity index (χ3n) is 6.35. The number of fused-ring (bicyclic) bond motifs is 1. The van der Waals surface area contributed by atoms with Gasteiger partial charge in [0.25, 0.3) is 0 Å². The highest BCUT2D eigenvalue weighted by atomic mass is 19.4. The Hall–Kier alpha value is -2.20. The number of benzene rings is 1. The molecule has 10 heteroatoms. The second-order valence-corrected chi connectivity index (χ2v) is 9.29. The van der Waals surface area contributed by atoms with Crippen LogP contribution in [-0.4, -0.2) is 48.5 Å². The molecule has 3 rings (SSSR count). The number of pyridine rings is 1. The van der Waals surface area contributed by atoms with Crippen molar-refractivity contribution in [2.24, 2.45) is 0 Å². The molecule has 0 radical (unpaired) electrons. The van der Waals surface area contributed by atoms with Crippen molar-refractivity contribution in [1.82, 2.24) is 9.88 Å². The Kier molecular flexibility index (Phi) is 10.7. The van der Waals surface area contributed by atoms with Gasteiger partial charge in [0.1, 0.15) is 12.5 Å². The summed E-state index contributed by atoms with van der Waals surface area (Å²) in [6, 6.07) is 4.50. The van der Waals surface area contributed by atoms with Gasteiger partial charge < -0.3 is 14.4 Å². The van der Waals surface area contributed by atoms with Crippen LogP contribution in [0, 0.1) is 0 Å². The van der Waals surface area contributed by atoms with E-state index in [0.29, 0.717) is 6.42 Å². The lowest BCUT2D eigenvalue weighted by atomic mass is 9.85. The topological polar surface area (TPSA) is 42.4 Å². The lowest BCUT2D eigenvalue weighted by Crippen LogP contribution is -2.41. The summed E-state index contributed by atoms with van der Waals surface area (Å²) in [4.78, 5) is 13.8. The summed E-state index contributed by atoms with van der Waals surface area (Å²) in [6.45, 7) is 9.66. The van der Waals surface area contributed by atoms with Crippen LogP contribution in [0.5, 0.6) is 0 Å². The van der Waals surface area contributed by atoms with Gasteiger partial charge >= 0.3 is 12.4 Å². The first-order valence-corrected chi connectivity index (χ1v) is 12.1. The van der Waals surface area contributed by atoms with Gasteiger partial charge in [-0.2, -0.15) is 26.3 Å². The van der Waals surface area contributed by atoms with E-state index in [-0.39, 0.29) is 29.7 Å². The van der Waals surface area contributed by atoms with Crippen LogP contribution in [0.2, 0.25) is 0 Å². The molecule has 1 aromatic heterocycles. The quantitative estimate of drug-likeness (QED) is 0.344. The number of halogens is 6. The van der Waals surface area contributed by atoms with Crippen LogP contribution >= 0.6 is 0 Å². The maximum Gasteiger partial charge on any atom is 0.433 e. The first-order valence-electron chi connectivity index (χ1n) is 12.1. The number of hydrogen-bond donors (Lipinski definition) is 0. The van der Waals surface area contributed by atoms with Gasteiger partial charge in [0.05, 0.1) is 23.8 Å². The number of alkyl halides is 6. The molecule has 2 unspecified atom stereocenters. The van der Waals surface area contributed by atoms with E-state index in [1.165, 1.54) is 12.1 Å². The largest absolute Gasteiger partial charge is 0.433 e. The highest BCUT2D eigenvalue weighted by Crippen LogP contribution is 2.41. The van der Waals surface area contributed by atoms with Crippen LogP contribution in [0.15, 0.2) is 24.3 Å². The molecule has 1 fully saturated rings. The summed E-state index contributed by atoms with van der Waals surface area (Å²) < 4.78 is 88.1. The van der Waals surface area contributed by atoms with Crippen LogP contribution in [-0.2, 0) is 21.9 Å². The lowest BCUT2D eigenvalue weighted by molar-refractivity contribution is -0.142. The molecule has 0 saturated carbocycles. The molecule has 0 spiro atoms. The number of para-hydroxylation sites is 1. The molecule has 0 amide bonds. The van der Waals surface area contributed by atoms with Gasteiger partial charge in [-0.05, 0) is 70.3 Å². The van der Waals surface area contributed by atoms with Crippen molar-refractivity contribution in [3.05, 3.63) is 41.1 Å². The smallest absolute Gasteiger partial charge is 0.378 e. The van der Waals surface area contributed by atoms with Crippen LogP contribution in [0.1, 0.15) is 75.6 Å². The van der Waals surface area contributed by atoms with Crippen molar-refractivity contribution in [3.8, 4) is 0 Å². The Bertz CT molecular complexity index is 975. The molecule has 1 aliphatic rings. The average Bonchev–Trinajstić information content (AvgIpc) is 2.82. The first kappa shape index (κ1) is 30.0. The van der Waals surface area contributed by atoms with E-state index >= 15 is 0 Å². The number of likely N-dealkylation sites (tertiary alicyclic amines) is 1. The molecule has 0 bridgehead atoms. The van der Waals surface area contributed by atoms with E-state index < -0.39 is 35.0 Å². The molecule has 1 saturated heterocycles. The van der Waals surface area contributed by atoms with Gasteiger partial charge in [-0.3, -0.25) is 0 Å². The normalized spacial score (nSPS) is 18.2. The molecule has 202 valence electrons. The minimum absolute atomic E-state index is 0.0954. The molecule has 36 heavy (non-hydrogen) atoms. The van der Waals surface area contributed by atoms with Crippen LogP contribution in [0.25, 0.3) is 10.9 Å². The van der Waals surface area contributed by atoms with E-state index in [1.807, 2.05) is 20.6 Å². The van der Waals surface area contributed by atoms with Crippen LogP contribution in [0.4, 0.5) is 26.3 Å². The zero-order chi connectivity index (χ0) is 27.1. The summed E-state index contributed by atoms with van der Waals surface area (Å²) in [5.41, 5.74) is -2.92. The number of nitrogens with zero attached hydrogens (tertiary/aromatic N) is 2. The molecule has 4 nitrogen and oxygen atoms in total. The molecule has 0 N–H and O–H groups in total. The van der Waals surface area contributed by atoms with Crippen molar-refractivity contribution < 1.29 is 35.9 Å². The van der Waals surface area contributed by atoms with Gasteiger partial charge in [-0.15, -0.1) is 0 Å². The van der Waals surface area contributed by atoms with Gasteiger partial charge in [0.2, 0.25) is 0 Å². The fourth-order valence-corrected chi connectivity index (χ4v) is 4.82. The predicted octanol–water partition coefficient (Wildman–Crippen LogP) is 7.25. The first-order chi connectivity index (χ1) is 16.9. The number of piperidine rings is 1. The van der Waals surface area contributed by atoms with E-state index in [2.05, 4.69) is 16.8 Å². The number of aromatic nitrogens is 1. The molecule has 2 atom stereocenters. The molecular formula is C26H34F6N2O2. The fourth-order valence-electron chi connectivity index (χ4n) is 4.82. The maximum absolute atomic E-state index is 13.7. The SMILES string of the molecule is C=O.CCCN1CCCCC1CC(COC(C)C)c1cc(C(F)(F)F)nc2c(C(F)(F)F)cccc12. The Labute approximate surface area is 208 Å². The van der Waals surface area contributed by atoms with E-state index in [1.54, 1.807) is 0 Å². The Morgan fingerprint density at radius 2 is 1.81 bits per heavy atom. The molecule has 2 heterocycles. The van der Waals surface area contributed by atoms with Crippen LogP contribution in [0.3, 0.4) is 0 Å². The second kappa shape index (κ2) is 12.9. The minimum atomic E-state index is -4.87. The maximum atomic E-state index is 13.7. The summed E-state index contributed by atoms with van der Waals surface area (Å²) in [6.07, 6.45) is -5.40. The van der Waals surface area contributed by atoms with Crippen molar-refractivity contribution in [2.45, 2.75) is 83.3 Å². The van der Waals surface area contributed by atoms with E-state index in [9.17, 15) is 26.3 Å². The lowest BCUT2D eigenvalue weighted by Gasteiger charge is -2.38. The molecule has 1 aliphatic heterocycles. The van der Waals surface area contributed by atoms with E-state index in [0.717, 1.165) is 50.9 Å². The van der Waals surface area contributed by atoms with Gasteiger partial charge in [0.15, 0.2) is 0 Å². The Balaban J connectivity index is 0.00000222. The molecule has 2 aromatic rings. The standard InChI is InChI=1S/C25H32F6N2O.CH2O/c1-4-11-33-12-6-5-8-18(33)13-17(15-34-16(2)3)20-14-22(25(29,30)31)32-23-19(20)9-7-10-21(23)24(26,27)28;1-2/h7,9-10,14,16-18H,4-6,8,11-13,15H2,1-3H3;1H2. The summed E-state index contributed by atoms with van der Waals surface area (Å²) in [5, 5.41) is 0.0954. The van der Waals surface area contributed by atoms with E-state index in [4.69, 9.17) is 9.53 Å². The zero-order valence-electron chi connectivity index (χ0n) is 20.9. The second-order valence-electron chi connectivity index (χ2n) is 9.29. The third-order valence-corrected chi connectivity index (χ3v) is 6.35. The summed E-state index contributed by atoms with van der Waals surface area (Å²) in [7, 11) is 0. The van der Waals surface area contributed by atoms with Crippen LogP contribution < -0.4 is 0 Å². The number of ether oxygens (including phenoxy) is 1. The fraction of sp³-hybridized carbons (Fsp3) is 0.615. The van der Waals surface area contributed by atoms with Gasteiger partial charge in [0, 0.05) is 17.3 Å². The van der Waals surface area contributed by atoms with Gasteiger partial charge in [-0.25, -0.2) is 4.98 Å². The Morgan fingerprint density at radius 3 is 2.39 bits per heavy atom. The van der Waals surface area contributed by atoms with Crippen molar-refractivity contribution >= 4 is 17.7 Å². The Morgan fingerprint density at radius 1 is 1.11 bits per heavy atom. The summed E-state index contributed by atoms with van der Waals surface area (Å²) >= 11 is 0. The number of rotatable bonds is 8. The zero-order valence-corrected chi connectivity index (χ0v) is 20.9. The van der Waals surface area contributed by atoms with Gasteiger partial charge in [-0.1, -0.05) is 25.5 Å². The highest BCUT2D eigenvalue weighted by Gasteiger charge is 2.38. The molecule has 0 aliphatic carbocycles. The number of carbonyl (C=O) groups is 1. The third kappa shape index (κ3) is 7.65. The number of hydrogen-bond acceptors (Lipinski definition) is 4. The predicted molar refractivity (Wildman–Crippen MR) is 127 cm³/mol. The van der Waals surface area contributed by atoms with Crippen molar-refractivity contribution in [3.63, 3.8) is 0 Å². The minimum Gasteiger partial charge on any atom is -0.378 e. The number of carbonyl (C=O) groups excluding carboxylic acids is 1. The summed E-state index contributed by atoms with van der Waals surface area (Å²) in [5.74, 6) is -0.500. The monoisotopic (exact) mass is 520 g/mol. The average molecular weight is 521 g/mol.